The molecule has 2 N–H and O–H groups in total. The first-order valence-corrected chi connectivity index (χ1v) is 6.85. The molecule has 2 rings (SSSR count). The molecule has 1 fully saturated rings. The van der Waals surface area contributed by atoms with Crippen molar-refractivity contribution in [2.24, 2.45) is 5.73 Å². The maximum Gasteiger partial charge on any atom is 0.213 e. The average molecular weight is 265 g/mol. The van der Waals surface area contributed by atoms with E-state index in [0.717, 1.165) is 38.2 Å². The maximum absolute atomic E-state index is 5.68. The molecule has 0 amide bonds. The summed E-state index contributed by atoms with van der Waals surface area (Å²) >= 11 is 0. The van der Waals surface area contributed by atoms with E-state index < -0.39 is 0 Å². The van der Waals surface area contributed by atoms with E-state index in [2.05, 4.69) is 9.88 Å². The molecular weight excluding hydrogens is 242 g/mol. The minimum Gasteiger partial charge on any atom is -0.481 e. The number of methoxy groups -OCH3 is 1. The standard InChI is InChI=1S/C14H23N3O2/c1-18-14-4-2-3-12(16-14)11-17-8-5-13(6-9-17)19-10-7-15/h2-4,13H,5-11,15H2,1H3. The molecule has 106 valence electrons. The van der Waals surface area contributed by atoms with Crippen molar-refractivity contribution in [1.82, 2.24) is 9.88 Å². The topological polar surface area (TPSA) is 60.6 Å². The molecule has 0 radical (unpaired) electrons. The van der Waals surface area contributed by atoms with Crippen LogP contribution in [0.15, 0.2) is 18.2 Å². The van der Waals surface area contributed by atoms with E-state index in [0.29, 0.717) is 25.1 Å². The number of aromatic nitrogens is 1. The molecule has 1 saturated heterocycles. The van der Waals surface area contributed by atoms with Crippen molar-refractivity contribution in [1.29, 1.82) is 0 Å². The summed E-state index contributed by atoms with van der Waals surface area (Å²) in [6, 6.07) is 5.90. The van der Waals surface area contributed by atoms with E-state index in [1.807, 2.05) is 18.2 Å². The van der Waals surface area contributed by atoms with Gasteiger partial charge in [0.2, 0.25) is 5.88 Å². The summed E-state index contributed by atoms with van der Waals surface area (Å²) in [5.74, 6) is 0.679. The van der Waals surface area contributed by atoms with Gasteiger partial charge in [0.15, 0.2) is 0 Å². The van der Waals surface area contributed by atoms with Gasteiger partial charge < -0.3 is 15.2 Å². The Balaban J connectivity index is 1.78. The van der Waals surface area contributed by atoms with E-state index in [-0.39, 0.29) is 0 Å². The first kappa shape index (κ1) is 14.2. The number of nitrogens with zero attached hydrogens (tertiary/aromatic N) is 2. The van der Waals surface area contributed by atoms with E-state index in [1.165, 1.54) is 0 Å². The van der Waals surface area contributed by atoms with Gasteiger partial charge in [-0.05, 0) is 18.9 Å². The number of piperidine rings is 1. The largest absolute Gasteiger partial charge is 0.481 e. The van der Waals surface area contributed by atoms with Crippen LogP contribution in [0, 0.1) is 0 Å². The molecule has 1 aliphatic rings. The van der Waals surface area contributed by atoms with Crippen LogP contribution in [0.3, 0.4) is 0 Å². The highest BCUT2D eigenvalue weighted by Gasteiger charge is 2.19. The Morgan fingerprint density at radius 2 is 2.16 bits per heavy atom. The molecule has 0 atom stereocenters. The molecule has 0 unspecified atom stereocenters. The highest BCUT2D eigenvalue weighted by Crippen LogP contribution is 2.16. The molecule has 2 heterocycles. The van der Waals surface area contributed by atoms with Crippen LogP contribution in [0.25, 0.3) is 0 Å². The zero-order valence-electron chi connectivity index (χ0n) is 11.5. The Hall–Kier alpha value is -1.17. The summed E-state index contributed by atoms with van der Waals surface area (Å²) in [7, 11) is 1.65. The van der Waals surface area contributed by atoms with Gasteiger partial charge in [0.1, 0.15) is 0 Å². The van der Waals surface area contributed by atoms with Gasteiger partial charge in [0, 0.05) is 32.2 Å². The average Bonchev–Trinajstić information content (AvgIpc) is 2.47. The summed E-state index contributed by atoms with van der Waals surface area (Å²) in [5.41, 5.74) is 6.50. The van der Waals surface area contributed by atoms with Gasteiger partial charge in [-0.25, -0.2) is 4.98 Å². The molecule has 5 heteroatoms. The molecule has 1 aromatic heterocycles. The molecule has 0 bridgehead atoms. The Morgan fingerprint density at radius 1 is 1.37 bits per heavy atom. The predicted octanol–water partition coefficient (Wildman–Crippen LogP) is 1.03. The van der Waals surface area contributed by atoms with Crippen molar-refractivity contribution in [3.8, 4) is 5.88 Å². The molecule has 5 nitrogen and oxygen atoms in total. The second kappa shape index (κ2) is 7.43. The number of nitrogens with two attached hydrogens (primary N) is 1. The molecule has 0 aromatic carbocycles. The van der Waals surface area contributed by atoms with Crippen molar-refractivity contribution in [3.63, 3.8) is 0 Å². The highest BCUT2D eigenvalue weighted by atomic mass is 16.5. The minimum absolute atomic E-state index is 0.373. The normalized spacial score (nSPS) is 17.6. The number of likely N-dealkylation sites (tertiary alicyclic amines) is 1. The summed E-state index contributed by atoms with van der Waals surface area (Å²) in [4.78, 5) is 6.85. The summed E-state index contributed by atoms with van der Waals surface area (Å²) in [5, 5.41) is 0. The second-order valence-corrected chi connectivity index (χ2v) is 4.81. The zero-order valence-corrected chi connectivity index (χ0v) is 11.5. The van der Waals surface area contributed by atoms with Crippen LogP contribution >= 0.6 is 0 Å². The van der Waals surface area contributed by atoms with Crippen LogP contribution in [0.4, 0.5) is 0 Å². The van der Waals surface area contributed by atoms with Crippen LogP contribution in [-0.2, 0) is 11.3 Å². The lowest BCUT2D eigenvalue weighted by molar-refractivity contribution is 0.00952. The first-order chi connectivity index (χ1) is 9.31. The van der Waals surface area contributed by atoms with Crippen molar-refractivity contribution < 1.29 is 9.47 Å². The lowest BCUT2D eigenvalue weighted by Gasteiger charge is -2.31. The van der Waals surface area contributed by atoms with E-state index in [4.69, 9.17) is 15.2 Å². The summed E-state index contributed by atoms with van der Waals surface area (Å²) in [6.07, 6.45) is 2.52. The molecule has 1 aromatic rings. The van der Waals surface area contributed by atoms with E-state index >= 15 is 0 Å². The fourth-order valence-electron chi connectivity index (χ4n) is 2.36. The van der Waals surface area contributed by atoms with Crippen molar-refractivity contribution >= 4 is 0 Å². The van der Waals surface area contributed by atoms with Crippen LogP contribution in [-0.4, -0.2) is 49.3 Å². The smallest absolute Gasteiger partial charge is 0.213 e. The molecule has 1 aliphatic heterocycles. The van der Waals surface area contributed by atoms with Crippen molar-refractivity contribution in [3.05, 3.63) is 23.9 Å². The third-order valence-corrected chi connectivity index (χ3v) is 3.38. The first-order valence-electron chi connectivity index (χ1n) is 6.85. The van der Waals surface area contributed by atoms with E-state index in [1.54, 1.807) is 7.11 Å². The van der Waals surface area contributed by atoms with Gasteiger partial charge in [0.25, 0.3) is 0 Å². The van der Waals surface area contributed by atoms with Gasteiger partial charge in [0.05, 0.1) is 25.5 Å². The third-order valence-electron chi connectivity index (χ3n) is 3.38. The predicted molar refractivity (Wildman–Crippen MR) is 74.1 cm³/mol. The number of hydrogen-bond acceptors (Lipinski definition) is 5. The summed E-state index contributed by atoms with van der Waals surface area (Å²) in [6.45, 7) is 4.25. The number of ether oxygens (including phenoxy) is 2. The van der Waals surface area contributed by atoms with Crippen LogP contribution in [0.2, 0.25) is 0 Å². The minimum atomic E-state index is 0.373. The van der Waals surface area contributed by atoms with Gasteiger partial charge in [-0.15, -0.1) is 0 Å². The Morgan fingerprint density at radius 3 is 2.84 bits per heavy atom. The van der Waals surface area contributed by atoms with Crippen molar-refractivity contribution in [2.75, 3.05) is 33.4 Å². The quantitative estimate of drug-likeness (QED) is 0.832. The van der Waals surface area contributed by atoms with Crippen molar-refractivity contribution in [2.45, 2.75) is 25.5 Å². The number of rotatable bonds is 6. The van der Waals surface area contributed by atoms with E-state index in [9.17, 15) is 0 Å². The monoisotopic (exact) mass is 265 g/mol. The maximum atomic E-state index is 5.68. The molecule has 19 heavy (non-hydrogen) atoms. The molecule has 0 saturated carbocycles. The highest BCUT2D eigenvalue weighted by molar-refractivity contribution is 5.15. The number of hydrogen-bond donors (Lipinski definition) is 1. The summed E-state index contributed by atoms with van der Waals surface area (Å²) < 4.78 is 10.8. The van der Waals surface area contributed by atoms with Gasteiger partial charge in [-0.2, -0.15) is 0 Å². The Labute approximate surface area is 114 Å². The molecule has 0 aliphatic carbocycles. The van der Waals surface area contributed by atoms with Crippen LogP contribution in [0.1, 0.15) is 18.5 Å². The Bertz CT molecular complexity index is 379. The number of pyridine rings is 1. The molecular formula is C14H23N3O2. The Kier molecular flexibility index (Phi) is 5.57. The molecule has 0 spiro atoms. The van der Waals surface area contributed by atoms with Crippen LogP contribution in [0.5, 0.6) is 5.88 Å². The van der Waals surface area contributed by atoms with Gasteiger partial charge >= 0.3 is 0 Å². The fraction of sp³-hybridized carbons (Fsp3) is 0.643. The lowest BCUT2D eigenvalue weighted by Crippen LogP contribution is -2.37. The SMILES string of the molecule is COc1cccc(CN2CCC(OCCN)CC2)n1. The fourth-order valence-corrected chi connectivity index (χ4v) is 2.36. The van der Waals surface area contributed by atoms with Gasteiger partial charge in [-0.3, -0.25) is 4.90 Å². The third kappa shape index (κ3) is 4.45. The van der Waals surface area contributed by atoms with Crippen LogP contribution < -0.4 is 10.5 Å². The second-order valence-electron chi connectivity index (χ2n) is 4.81. The zero-order chi connectivity index (χ0) is 13.5. The lowest BCUT2D eigenvalue weighted by atomic mass is 10.1. The van der Waals surface area contributed by atoms with Gasteiger partial charge in [-0.1, -0.05) is 6.07 Å².